The first-order valence-corrected chi connectivity index (χ1v) is 27.2. The van der Waals surface area contributed by atoms with Crippen molar-refractivity contribution >= 4 is 45.5 Å². The van der Waals surface area contributed by atoms with E-state index in [0.717, 1.165) is 64.0 Å². The first-order valence-electron chi connectivity index (χ1n) is 27.2. The van der Waals surface area contributed by atoms with Crippen LogP contribution in [0.2, 0.25) is 0 Å². The number of Topliss-reactive ketones (excluding diaryl/α,β-unsaturated/α-hetero) is 1. The van der Waals surface area contributed by atoms with E-state index in [4.69, 9.17) is 5.73 Å². The summed E-state index contributed by atoms with van der Waals surface area (Å²) in [4.78, 5) is 55.5. The van der Waals surface area contributed by atoms with E-state index in [1.165, 1.54) is 88.2 Å². The van der Waals surface area contributed by atoms with E-state index < -0.39 is 0 Å². The van der Waals surface area contributed by atoms with E-state index in [0.29, 0.717) is 54.6 Å². The van der Waals surface area contributed by atoms with Gasteiger partial charge in [-0.15, -0.1) is 0 Å². The smallest absolute Gasteiger partial charge is 0.870 e. The van der Waals surface area contributed by atoms with Crippen LogP contribution in [0.5, 0.6) is 0 Å². The van der Waals surface area contributed by atoms with Crippen molar-refractivity contribution in [1.29, 1.82) is 0 Å². The number of H-pyrrole nitrogens is 1. The Hall–Kier alpha value is -4.46. The average molecular weight is 1090 g/mol. The molecule has 5 aromatic rings. The average Bonchev–Trinajstić information content (AvgIpc) is 3.87. The number of unbranched alkanes of at least 4 members (excludes halogenated alkanes) is 1. The maximum atomic E-state index is 15.0. The molecular formula is C60H89F2KN9O5-. The van der Waals surface area contributed by atoms with Crippen LogP contribution in [0.1, 0.15) is 157 Å². The molecule has 77 heavy (non-hydrogen) atoms. The standard InChI is InChI=1S/C31H36FN5O2.C15H33N.C10H11FN2O.C4H8NO.K.H2O/c1-19-15-23(21(3)38)16-26(32)30(19)22-7-12-36(13-8-22)20(2)28-18-25-27(10-11-34(5)31(25)35(28)6)37-14-9-24(33-4)17-29(37)39;1-5-9-13-16(12-8-4)14-15(10-6-2)11-7-3;1-3-6-4-9-8(5-7(6)11)12-10(14)13(9)2;1-2-3-4(5)6;;/h7,9-10,14-18,20,33H,8,11-13H2,1-6H3;15H,5-14H2,1-4H3;4-5H,3H2,1-2H3,(H,12,14);1-3H2,(H2,5,6);;1H2/q;;;-1;+1;/p-1. The molecule has 0 spiro atoms. The zero-order chi connectivity index (χ0) is 55.5. The summed E-state index contributed by atoms with van der Waals surface area (Å²) in [6.45, 7) is 26.2. The summed E-state index contributed by atoms with van der Waals surface area (Å²) in [5, 5.41) is 3.03. The molecule has 5 N–H and O–H groups in total. The van der Waals surface area contributed by atoms with Crippen LogP contribution < -0.4 is 78.6 Å². The predicted octanol–water partition coefficient (Wildman–Crippen LogP) is 8.26. The number of rotatable bonds is 20. The molecule has 0 saturated heterocycles. The van der Waals surface area contributed by atoms with Crippen LogP contribution in [-0.2, 0) is 25.3 Å². The van der Waals surface area contributed by atoms with Gasteiger partial charge in [-0.05, 0) is 144 Å². The van der Waals surface area contributed by atoms with Crippen LogP contribution in [0.15, 0.2) is 70.4 Å². The van der Waals surface area contributed by atoms with Gasteiger partial charge in [-0.2, -0.15) is 6.42 Å². The number of amides is 1. The normalized spacial score (nSPS) is 13.4. The number of carbonyl (C=O) groups is 2. The molecule has 1 unspecified atom stereocenters. The number of likely N-dealkylation sites (N-methyl/N-ethyl adjacent to an activating group) is 1. The van der Waals surface area contributed by atoms with E-state index in [9.17, 15) is 28.0 Å². The molecule has 14 nitrogen and oxygen atoms in total. The van der Waals surface area contributed by atoms with Crippen molar-refractivity contribution in [1.82, 2.24) is 28.5 Å². The third-order valence-electron chi connectivity index (χ3n) is 14.3. The fourth-order valence-corrected chi connectivity index (χ4v) is 10.2. The van der Waals surface area contributed by atoms with Gasteiger partial charge in [0.05, 0.1) is 16.7 Å². The van der Waals surface area contributed by atoms with Crippen molar-refractivity contribution in [2.45, 2.75) is 132 Å². The van der Waals surface area contributed by atoms with E-state index in [-0.39, 0.29) is 97.5 Å². The quantitative estimate of drug-likeness (QED) is 0.0394. The van der Waals surface area contributed by atoms with E-state index in [2.05, 4.69) is 103 Å². The van der Waals surface area contributed by atoms with E-state index in [1.807, 2.05) is 26.1 Å². The summed E-state index contributed by atoms with van der Waals surface area (Å²) in [5.41, 5.74) is 13.0. The topological polar surface area (TPSA) is 177 Å². The largest absolute Gasteiger partial charge is 1.00 e. The van der Waals surface area contributed by atoms with Crippen LogP contribution >= 0.6 is 0 Å². The number of fused-ring (bicyclic) bond motifs is 2. The molecule has 5 heterocycles. The van der Waals surface area contributed by atoms with Crippen molar-refractivity contribution in [3.8, 4) is 0 Å². The zero-order valence-electron chi connectivity index (χ0n) is 48.8. The van der Waals surface area contributed by atoms with Crippen molar-refractivity contribution < 1.29 is 75.2 Å². The summed E-state index contributed by atoms with van der Waals surface area (Å²) in [7, 11) is 7.62. The number of halogens is 2. The number of aromatic amines is 1. The molecule has 2 aliphatic heterocycles. The number of nitrogens with zero attached hydrogens (tertiary/aromatic N) is 6. The summed E-state index contributed by atoms with van der Waals surface area (Å²) >= 11 is 0. The number of imidazole rings is 1. The minimum absolute atomic E-state index is 0. The number of aromatic nitrogens is 4. The molecule has 0 radical (unpaired) electrons. The van der Waals surface area contributed by atoms with Crippen molar-refractivity contribution in [3.63, 3.8) is 0 Å². The SMILES string of the molecule is CCCCN(CCC)CC(CCC)CCC.CCc1cc2c(cc1F)[nH]c(=O)n2C.CNc1ccn(C2=CCN(C)c3c2cc(C(C)N2CC=C(c4c(C)cc(C(C)=O)cc4F)CC2)n3C)c(=O)c1.[CH2-]CCC(N)=O.[K+].[OH-]. The van der Waals surface area contributed by atoms with Crippen LogP contribution in [0, 0.1) is 31.4 Å². The number of hydrogen-bond donors (Lipinski definition) is 3. The maximum absolute atomic E-state index is 15.0. The van der Waals surface area contributed by atoms with Gasteiger partial charge in [0, 0.05) is 101 Å². The first-order chi connectivity index (χ1) is 35.8. The second-order valence-electron chi connectivity index (χ2n) is 20.0. The minimum Gasteiger partial charge on any atom is -0.870 e. The van der Waals surface area contributed by atoms with Gasteiger partial charge in [0.25, 0.3) is 5.56 Å². The fraction of sp³-hybridized carbons (Fsp3) is 0.517. The second kappa shape index (κ2) is 33.9. The van der Waals surface area contributed by atoms with Gasteiger partial charge in [0.2, 0.25) is 5.91 Å². The third kappa shape index (κ3) is 18.8. The van der Waals surface area contributed by atoms with Crippen molar-refractivity contribution in [2.24, 2.45) is 25.7 Å². The number of primary amides is 1. The molecule has 2 aromatic carbocycles. The molecule has 17 heteroatoms. The summed E-state index contributed by atoms with van der Waals surface area (Å²) in [5.74, 6) is 1.03. The Balaban J connectivity index is 0.000000438. The number of hydrogen-bond acceptors (Lipinski definition) is 9. The molecule has 0 aliphatic carbocycles. The van der Waals surface area contributed by atoms with E-state index in [1.54, 1.807) is 36.9 Å². The monoisotopic (exact) mass is 1090 g/mol. The summed E-state index contributed by atoms with van der Waals surface area (Å²) < 4.78 is 33.7. The number of ketones is 1. The number of aryl methyl sites for hydroxylation is 3. The Morgan fingerprint density at radius 3 is 2.10 bits per heavy atom. The Bertz CT molecular complexity index is 2840. The number of carbonyl (C=O) groups excluding carboxylic acids is 2. The molecule has 0 bridgehead atoms. The maximum Gasteiger partial charge on any atom is 1.00 e. The van der Waals surface area contributed by atoms with Crippen LogP contribution in [0.25, 0.3) is 22.3 Å². The molecule has 7 rings (SSSR count). The van der Waals surface area contributed by atoms with Gasteiger partial charge in [-0.25, -0.2) is 13.6 Å². The van der Waals surface area contributed by atoms with E-state index >= 15 is 0 Å². The number of anilines is 2. The fourth-order valence-electron chi connectivity index (χ4n) is 10.2. The Kier molecular flexibility index (Phi) is 30.2. The van der Waals surface area contributed by atoms with Crippen LogP contribution in [0.4, 0.5) is 20.3 Å². The molecule has 420 valence electrons. The summed E-state index contributed by atoms with van der Waals surface area (Å²) in [6.07, 6.45) is 17.9. The Morgan fingerprint density at radius 2 is 1.58 bits per heavy atom. The molecular weight excluding hydrogens is 1000 g/mol. The van der Waals surface area contributed by atoms with Gasteiger partial charge >= 0.3 is 57.1 Å². The molecule has 1 amide bonds. The zero-order valence-corrected chi connectivity index (χ0v) is 51.9. The number of benzene rings is 2. The molecule has 1 atom stereocenters. The molecule has 0 fully saturated rings. The Labute approximate surface area is 500 Å². The molecule has 0 saturated carbocycles. The number of pyridine rings is 1. The summed E-state index contributed by atoms with van der Waals surface area (Å²) in [6, 6.07) is 12.0. The second-order valence-corrected chi connectivity index (χ2v) is 20.0. The van der Waals surface area contributed by atoms with Gasteiger partial charge in [-0.1, -0.05) is 60.0 Å². The van der Waals surface area contributed by atoms with Gasteiger partial charge < -0.3 is 42.8 Å². The van der Waals surface area contributed by atoms with Crippen molar-refractivity contribution in [3.05, 3.63) is 134 Å². The molecule has 3 aromatic heterocycles. The Morgan fingerprint density at radius 1 is 0.896 bits per heavy atom. The predicted molar refractivity (Wildman–Crippen MR) is 310 cm³/mol. The number of nitrogens with one attached hydrogen (secondary N) is 2. The minimum atomic E-state index is -0.330. The first kappa shape index (κ1) is 68.6. The van der Waals surface area contributed by atoms with Crippen LogP contribution in [-0.4, -0.2) is 99.0 Å². The molecule has 2 aliphatic rings. The van der Waals surface area contributed by atoms with Gasteiger partial charge in [-0.3, -0.25) is 28.4 Å². The van der Waals surface area contributed by atoms with Gasteiger partial charge in [0.1, 0.15) is 17.5 Å². The van der Waals surface area contributed by atoms with Gasteiger partial charge in [0.15, 0.2) is 5.78 Å². The van der Waals surface area contributed by atoms with Crippen LogP contribution in [0.3, 0.4) is 0 Å². The van der Waals surface area contributed by atoms with Crippen molar-refractivity contribution in [2.75, 3.05) is 63.6 Å². The third-order valence-corrected chi connectivity index (χ3v) is 14.3. The number of nitrogens with two attached hydrogens (primary N) is 1.